The van der Waals surface area contributed by atoms with Gasteiger partial charge in [-0.1, -0.05) is 51.2 Å². The summed E-state index contributed by atoms with van der Waals surface area (Å²) in [5, 5.41) is 0. The molecule has 0 heterocycles. The van der Waals surface area contributed by atoms with E-state index in [4.69, 9.17) is 11.6 Å². The first-order chi connectivity index (χ1) is 8.76. The first-order valence-corrected chi connectivity index (χ1v) is 7.60. The van der Waals surface area contributed by atoms with Crippen molar-refractivity contribution in [2.24, 2.45) is 5.92 Å². The van der Waals surface area contributed by atoms with Gasteiger partial charge in [0.2, 0.25) is 0 Å². The molecule has 2 heteroatoms. The molecule has 102 valence electrons. The third-order valence-electron chi connectivity index (χ3n) is 3.37. The molecule has 0 aromatic heterocycles. The smallest absolute Gasteiger partial charge is 0.123 e. The average molecular weight is 271 g/mol. The Labute approximate surface area is 116 Å². The third-order valence-corrected chi connectivity index (χ3v) is 3.81. The maximum Gasteiger partial charge on any atom is 0.123 e. The van der Waals surface area contributed by atoms with Crippen LogP contribution in [0.5, 0.6) is 0 Å². The van der Waals surface area contributed by atoms with E-state index in [-0.39, 0.29) is 5.82 Å². The highest BCUT2D eigenvalue weighted by molar-refractivity contribution is 6.18. The number of hydrogen-bond donors (Lipinski definition) is 0. The predicted octanol–water partition coefficient (Wildman–Crippen LogP) is 5.58. The predicted molar refractivity (Wildman–Crippen MR) is 77.7 cm³/mol. The summed E-state index contributed by atoms with van der Waals surface area (Å²) < 4.78 is 12.8. The molecular formula is C16H24ClF. The average Bonchev–Trinajstić information content (AvgIpc) is 2.39. The van der Waals surface area contributed by atoms with Gasteiger partial charge in [0.05, 0.1) is 0 Å². The summed E-state index contributed by atoms with van der Waals surface area (Å²) in [5.74, 6) is 1.06. The molecule has 0 radical (unpaired) electrons. The fourth-order valence-electron chi connectivity index (χ4n) is 2.22. The van der Waals surface area contributed by atoms with Gasteiger partial charge in [-0.05, 0) is 36.5 Å². The van der Waals surface area contributed by atoms with Crippen LogP contribution in [-0.2, 0) is 6.42 Å². The lowest BCUT2D eigenvalue weighted by atomic mass is 9.95. The van der Waals surface area contributed by atoms with Gasteiger partial charge < -0.3 is 0 Å². The second-order valence-corrected chi connectivity index (χ2v) is 5.36. The molecule has 1 atom stereocenters. The van der Waals surface area contributed by atoms with Crippen LogP contribution in [0.25, 0.3) is 0 Å². The van der Waals surface area contributed by atoms with Crippen LogP contribution in [0.1, 0.15) is 51.0 Å². The summed E-state index contributed by atoms with van der Waals surface area (Å²) in [7, 11) is 0. The summed E-state index contributed by atoms with van der Waals surface area (Å²) in [6.07, 6.45) is 8.69. The lowest BCUT2D eigenvalue weighted by molar-refractivity contribution is 0.487. The largest absolute Gasteiger partial charge is 0.207 e. The van der Waals surface area contributed by atoms with Gasteiger partial charge in [0.15, 0.2) is 0 Å². The number of hydrogen-bond acceptors (Lipinski definition) is 0. The van der Waals surface area contributed by atoms with Crippen molar-refractivity contribution in [2.75, 3.05) is 5.88 Å². The number of unbranched alkanes of at least 4 members (excludes halogenated alkanes) is 4. The Hall–Kier alpha value is -0.560. The number of halogens is 2. The molecule has 1 aromatic carbocycles. The molecule has 0 aliphatic rings. The van der Waals surface area contributed by atoms with E-state index in [1.165, 1.54) is 56.2 Å². The van der Waals surface area contributed by atoms with Crippen molar-refractivity contribution in [3.05, 3.63) is 35.6 Å². The van der Waals surface area contributed by atoms with Crippen LogP contribution in [0.15, 0.2) is 24.3 Å². The van der Waals surface area contributed by atoms with Gasteiger partial charge in [-0.15, -0.1) is 11.6 Å². The van der Waals surface area contributed by atoms with E-state index >= 15 is 0 Å². The normalized spacial score (nSPS) is 12.6. The van der Waals surface area contributed by atoms with Crippen LogP contribution in [0.2, 0.25) is 0 Å². The van der Waals surface area contributed by atoms with Crippen molar-refractivity contribution in [3.63, 3.8) is 0 Å². The Morgan fingerprint density at radius 2 is 1.72 bits per heavy atom. The number of benzene rings is 1. The van der Waals surface area contributed by atoms with Crippen LogP contribution >= 0.6 is 11.6 Å². The molecule has 0 fully saturated rings. The fraction of sp³-hybridized carbons (Fsp3) is 0.625. The van der Waals surface area contributed by atoms with E-state index in [2.05, 4.69) is 6.92 Å². The highest BCUT2D eigenvalue weighted by Gasteiger charge is 2.08. The number of rotatable bonds is 9. The summed E-state index contributed by atoms with van der Waals surface area (Å²) in [4.78, 5) is 0. The van der Waals surface area contributed by atoms with Gasteiger partial charge >= 0.3 is 0 Å². The molecular weight excluding hydrogens is 247 g/mol. The molecule has 1 rings (SSSR count). The van der Waals surface area contributed by atoms with Gasteiger partial charge in [-0.25, -0.2) is 4.39 Å². The minimum atomic E-state index is -0.166. The van der Waals surface area contributed by atoms with Crippen LogP contribution in [-0.4, -0.2) is 5.88 Å². The summed E-state index contributed by atoms with van der Waals surface area (Å²) >= 11 is 6.01. The molecule has 18 heavy (non-hydrogen) atoms. The molecule has 0 aliphatic heterocycles. The van der Waals surface area contributed by atoms with Crippen LogP contribution in [0.3, 0.4) is 0 Å². The molecule has 0 saturated heterocycles. The Bertz CT molecular complexity index is 307. The van der Waals surface area contributed by atoms with Crippen molar-refractivity contribution < 1.29 is 4.39 Å². The minimum absolute atomic E-state index is 0.166. The van der Waals surface area contributed by atoms with Crippen LogP contribution in [0, 0.1) is 11.7 Å². The Morgan fingerprint density at radius 1 is 1.06 bits per heavy atom. The second-order valence-electron chi connectivity index (χ2n) is 5.05. The van der Waals surface area contributed by atoms with Gasteiger partial charge in [-0.2, -0.15) is 0 Å². The zero-order valence-corrected chi connectivity index (χ0v) is 12.1. The third kappa shape index (κ3) is 6.39. The highest BCUT2D eigenvalue weighted by atomic mass is 35.5. The zero-order chi connectivity index (χ0) is 13.2. The van der Waals surface area contributed by atoms with Crippen molar-refractivity contribution in [3.8, 4) is 0 Å². The fourth-order valence-corrected chi connectivity index (χ4v) is 2.49. The second kappa shape index (κ2) is 9.38. The monoisotopic (exact) mass is 270 g/mol. The summed E-state index contributed by atoms with van der Waals surface area (Å²) in [6, 6.07) is 6.79. The lowest BCUT2D eigenvalue weighted by Crippen LogP contribution is -2.06. The van der Waals surface area contributed by atoms with E-state index < -0.39 is 0 Å². The van der Waals surface area contributed by atoms with Gasteiger partial charge in [0.25, 0.3) is 0 Å². The minimum Gasteiger partial charge on any atom is -0.207 e. The van der Waals surface area contributed by atoms with Crippen molar-refractivity contribution >= 4 is 11.6 Å². The van der Waals surface area contributed by atoms with Gasteiger partial charge in [0.1, 0.15) is 5.82 Å². The summed E-state index contributed by atoms with van der Waals surface area (Å²) in [6.45, 7) is 2.23. The van der Waals surface area contributed by atoms with Gasteiger partial charge in [-0.3, -0.25) is 0 Å². The lowest BCUT2D eigenvalue weighted by Gasteiger charge is -2.13. The van der Waals surface area contributed by atoms with Crippen LogP contribution in [0.4, 0.5) is 4.39 Å². The maximum atomic E-state index is 12.8. The molecule has 1 unspecified atom stereocenters. The first-order valence-electron chi connectivity index (χ1n) is 7.06. The molecule has 0 amide bonds. The molecule has 0 saturated carbocycles. The molecule has 0 aliphatic carbocycles. The quantitative estimate of drug-likeness (QED) is 0.406. The standard InChI is InChI=1S/C16H24ClF/c1-2-3-4-5-6-7-15(13-17)12-14-8-10-16(18)11-9-14/h8-11,15H,2-7,12-13H2,1H3. The highest BCUT2D eigenvalue weighted by Crippen LogP contribution is 2.18. The van der Waals surface area contributed by atoms with Crippen molar-refractivity contribution in [1.82, 2.24) is 0 Å². The van der Waals surface area contributed by atoms with Gasteiger partial charge in [0, 0.05) is 5.88 Å². The molecule has 0 N–H and O–H groups in total. The Morgan fingerprint density at radius 3 is 2.33 bits per heavy atom. The number of alkyl halides is 1. The Balaban J connectivity index is 2.26. The van der Waals surface area contributed by atoms with E-state index in [1.807, 2.05) is 12.1 Å². The SMILES string of the molecule is CCCCCCCC(CCl)Cc1ccc(F)cc1. The van der Waals surface area contributed by atoms with E-state index in [0.29, 0.717) is 11.8 Å². The molecule has 0 spiro atoms. The Kier molecular flexibility index (Phi) is 8.08. The first kappa shape index (κ1) is 15.5. The molecule has 0 bridgehead atoms. The van der Waals surface area contributed by atoms with Crippen molar-refractivity contribution in [1.29, 1.82) is 0 Å². The van der Waals surface area contributed by atoms with E-state index in [1.54, 1.807) is 0 Å². The van der Waals surface area contributed by atoms with Crippen molar-refractivity contribution in [2.45, 2.75) is 51.9 Å². The van der Waals surface area contributed by atoms with Crippen LogP contribution < -0.4 is 0 Å². The molecule has 0 nitrogen and oxygen atoms in total. The summed E-state index contributed by atoms with van der Waals surface area (Å²) in [5.41, 5.74) is 1.19. The topological polar surface area (TPSA) is 0 Å². The zero-order valence-electron chi connectivity index (χ0n) is 11.3. The van der Waals surface area contributed by atoms with E-state index in [9.17, 15) is 4.39 Å². The maximum absolute atomic E-state index is 12.8. The van der Waals surface area contributed by atoms with E-state index in [0.717, 1.165) is 6.42 Å². The molecule has 1 aromatic rings.